The molecule has 1 fully saturated rings. The summed E-state index contributed by atoms with van der Waals surface area (Å²) in [7, 11) is 0. The Morgan fingerprint density at radius 2 is 2.40 bits per heavy atom. The third-order valence-electron chi connectivity index (χ3n) is 2.54. The average molecular weight is 213 g/mol. The minimum Gasteiger partial charge on any atom is -0.352 e. The second kappa shape index (κ2) is 5.70. The number of carbonyl (C=O) groups is 2. The third-order valence-corrected chi connectivity index (χ3v) is 2.54. The molecule has 15 heavy (non-hydrogen) atoms. The molecule has 0 aromatic carbocycles. The van der Waals surface area contributed by atoms with Crippen molar-refractivity contribution >= 4 is 11.8 Å². The van der Waals surface area contributed by atoms with Gasteiger partial charge in [-0.1, -0.05) is 6.92 Å². The summed E-state index contributed by atoms with van der Waals surface area (Å²) < 4.78 is 0. The van der Waals surface area contributed by atoms with Crippen LogP contribution in [0.2, 0.25) is 0 Å². The van der Waals surface area contributed by atoms with Crippen molar-refractivity contribution in [3.8, 4) is 0 Å². The largest absolute Gasteiger partial charge is 0.352 e. The lowest BCUT2D eigenvalue weighted by atomic mass is 10.2. The van der Waals surface area contributed by atoms with Gasteiger partial charge in [-0.2, -0.15) is 0 Å². The second-order valence-corrected chi connectivity index (χ2v) is 3.87. The van der Waals surface area contributed by atoms with Gasteiger partial charge in [0, 0.05) is 19.1 Å². The highest BCUT2D eigenvalue weighted by Gasteiger charge is 2.20. The maximum atomic E-state index is 11.5. The van der Waals surface area contributed by atoms with Crippen LogP contribution in [-0.2, 0) is 9.59 Å². The summed E-state index contributed by atoms with van der Waals surface area (Å²) in [6.07, 6.45) is 0.904. The van der Waals surface area contributed by atoms with Crippen LogP contribution in [0.4, 0.5) is 0 Å². The van der Waals surface area contributed by atoms with Crippen LogP contribution in [0.25, 0.3) is 0 Å². The first-order chi connectivity index (χ1) is 7.13. The van der Waals surface area contributed by atoms with E-state index in [0.717, 1.165) is 13.0 Å². The minimum absolute atomic E-state index is 0.000511. The fourth-order valence-electron chi connectivity index (χ4n) is 1.41. The predicted molar refractivity (Wildman–Crippen MR) is 57.3 cm³/mol. The number of piperazine rings is 1. The Morgan fingerprint density at radius 1 is 1.67 bits per heavy atom. The molecule has 0 aromatic rings. The zero-order chi connectivity index (χ0) is 11.3. The molecule has 0 saturated carbocycles. The van der Waals surface area contributed by atoms with E-state index in [9.17, 15) is 9.59 Å². The van der Waals surface area contributed by atoms with Crippen LogP contribution in [0, 0.1) is 0 Å². The van der Waals surface area contributed by atoms with Crippen LogP contribution >= 0.6 is 0 Å². The Bertz CT molecular complexity index is 243. The first-order valence-electron chi connectivity index (χ1n) is 5.41. The summed E-state index contributed by atoms with van der Waals surface area (Å²) in [5, 5.41) is 5.81. The van der Waals surface area contributed by atoms with Crippen LogP contribution in [-0.4, -0.2) is 48.9 Å². The van der Waals surface area contributed by atoms with E-state index < -0.39 is 0 Å². The number of amides is 2. The lowest BCUT2D eigenvalue weighted by molar-refractivity contribution is -0.136. The SMILES string of the molecule is CCC(C)NC(=O)CN1CCNCC1=O. The van der Waals surface area contributed by atoms with Crippen LogP contribution in [0.1, 0.15) is 20.3 Å². The first-order valence-corrected chi connectivity index (χ1v) is 5.41. The number of hydrogen-bond donors (Lipinski definition) is 2. The molecule has 0 aromatic heterocycles. The van der Waals surface area contributed by atoms with Crippen molar-refractivity contribution in [2.45, 2.75) is 26.3 Å². The summed E-state index contributed by atoms with van der Waals surface area (Å²) in [5.74, 6) is -0.0693. The van der Waals surface area contributed by atoms with Crippen LogP contribution in [0.3, 0.4) is 0 Å². The highest BCUT2D eigenvalue weighted by molar-refractivity contribution is 5.86. The molecule has 1 aliphatic heterocycles. The maximum absolute atomic E-state index is 11.5. The van der Waals surface area contributed by atoms with Gasteiger partial charge in [-0.15, -0.1) is 0 Å². The van der Waals surface area contributed by atoms with Gasteiger partial charge in [-0.3, -0.25) is 9.59 Å². The molecule has 1 unspecified atom stereocenters. The standard InChI is InChI=1S/C10H19N3O2/c1-3-8(2)12-9(14)7-13-5-4-11-6-10(13)15/h8,11H,3-7H2,1-2H3,(H,12,14). The number of rotatable bonds is 4. The summed E-state index contributed by atoms with van der Waals surface area (Å²) in [5.41, 5.74) is 0. The van der Waals surface area contributed by atoms with E-state index in [-0.39, 0.29) is 24.4 Å². The average Bonchev–Trinajstić information content (AvgIpc) is 2.21. The van der Waals surface area contributed by atoms with Gasteiger partial charge in [0.25, 0.3) is 0 Å². The van der Waals surface area contributed by atoms with Crippen molar-refractivity contribution < 1.29 is 9.59 Å². The van der Waals surface area contributed by atoms with Crippen molar-refractivity contribution in [1.82, 2.24) is 15.5 Å². The summed E-state index contributed by atoms with van der Waals surface area (Å²) >= 11 is 0. The van der Waals surface area contributed by atoms with Gasteiger partial charge < -0.3 is 15.5 Å². The fraction of sp³-hybridized carbons (Fsp3) is 0.800. The van der Waals surface area contributed by atoms with Crippen molar-refractivity contribution in [2.75, 3.05) is 26.2 Å². The fourth-order valence-corrected chi connectivity index (χ4v) is 1.41. The van der Waals surface area contributed by atoms with E-state index >= 15 is 0 Å². The molecule has 1 saturated heterocycles. The van der Waals surface area contributed by atoms with Crippen LogP contribution < -0.4 is 10.6 Å². The van der Waals surface area contributed by atoms with Gasteiger partial charge in [0.15, 0.2) is 0 Å². The molecule has 0 spiro atoms. The maximum Gasteiger partial charge on any atom is 0.239 e. The van der Waals surface area contributed by atoms with Gasteiger partial charge in [-0.05, 0) is 13.3 Å². The molecule has 86 valence electrons. The molecule has 0 aliphatic carbocycles. The molecule has 1 aliphatic rings. The van der Waals surface area contributed by atoms with Crippen LogP contribution in [0.5, 0.6) is 0 Å². The molecular formula is C10H19N3O2. The molecule has 5 heteroatoms. The lowest BCUT2D eigenvalue weighted by Crippen LogP contribution is -2.52. The molecule has 0 bridgehead atoms. The lowest BCUT2D eigenvalue weighted by Gasteiger charge is -2.27. The Labute approximate surface area is 90.2 Å². The van der Waals surface area contributed by atoms with E-state index in [0.29, 0.717) is 13.1 Å². The van der Waals surface area contributed by atoms with Crippen molar-refractivity contribution in [3.63, 3.8) is 0 Å². The van der Waals surface area contributed by atoms with Gasteiger partial charge >= 0.3 is 0 Å². The molecule has 0 radical (unpaired) electrons. The van der Waals surface area contributed by atoms with Crippen molar-refractivity contribution in [1.29, 1.82) is 0 Å². The van der Waals surface area contributed by atoms with E-state index in [1.165, 1.54) is 0 Å². The van der Waals surface area contributed by atoms with Crippen molar-refractivity contribution in [2.24, 2.45) is 0 Å². The zero-order valence-electron chi connectivity index (χ0n) is 9.38. The van der Waals surface area contributed by atoms with E-state index in [2.05, 4.69) is 10.6 Å². The quantitative estimate of drug-likeness (QED) is 0.651. The highest BCUT2D eigenvalue weighted by Crippen LogP contribution is 1.95. The van der Waals surface area contributed by atoms with Crippen LogP contribution in [0.15, 0.2) is 0 Å². The number of nitrogens with one attached hydrogen (secondary N) is 2. The minimum atomic E-state index is -0.0698. The zero-order valence-corrected chi connectivity index (χ0v) is 9.38. The summed E-state index contributed by atoms with van der Waals surface area (Å²) in [6, 6.07) is 0.176. The third kappa shape index (κ3) is 3.87. The molecule has 1 atom stereocenters. The molecule has 1 rings (SSSR count). The van der Waals surface area contributed by atoms with Gasteiger partial charge in [0.1, 0.15) is 0 Å². The molecule has 2 N–H and O–H groups in total. The Morgan fingerprint density at radius 3 is 3.00 bits per heavy atom. The monoisotopic (exact) mass is 213 g/mol. The predicted octanol–water partition coefficient (Wildman–Crippen LogP) is -0.667. The van der Waals surface area contributed by atoms with E-state index in [4.69, 9.17) is 0 Å². The van der Waals surface area contributed by atoms with Gasteiger partial charge in [-0.25, -0.2) is 0 Å². The number of nitrogens with zero attached hydrogens (tertiary/aromatic N) is 1. The Hall–Kier alpha value is -1.10. The smallest absolute Gasteiger partial charge is 0.239 e. The topological polar surface area (TPSA) is 61.4 Å². The highest BCUT2D eigenvalue weighted by atomic mass is 16.2. The Kier molecular flexibility index (Phi) is 4.55. The normalized spacial score (nSPS) is 18.8. The number of carbonyl (C=O) groups excluding carboxylic acids is 2. The molecule has 1 heterocycles. The molecule has 5 nitrogen and oxygen atoms in total. The second-order valence-electron chi connectivity index (χ2n) is 3.87. The molecule has 2 amide bonds. The first kappa shape index (κ1) is 12.0. The Balaban J connectivity index is 2.33. The van der Waals surface area contributed by atoms with E-state index in [1.807, 2.05) is 13.8 Å². The van der Waals surface area contributed by atoms with Gasteiger partial charge in [0.2, 0.25) is 11.8 Å². The van der Waals surface area contributed by atoms with E-state index in [1.54, 1.807) is 4.90 Å². The summed E-state index contributed by atoms with van der Waals surface area (Å²) in [4.78, 5) is 24.5. The van der Waals surface area contributed by atoms with Gasteiger partial charge in [0.05, 0.1) is 13.1 Å². The van der Waals surface area contributed by atoms with Crippen molar-refractivity contribution in [3.05, 3.63) is 0 Å². The molecular weight excluding hydrogens is 194 g/mol. The number of hydrogen-bond acceptors (Lipinski definition) is 3. The summed E-state index contributed by atoms with van der Waals surface area (Å²) in [6.45, 7) is 5.88.